The number of hydrogen-bond donors (Lipinski definition) is 1. The molecule has 0 bridgehead atoms. The van der Waals surface area contributed by atoms with Gasteiger partial charge in [0, 0.05) is 26.2 Å². The minimum Gasteiger partial charge on any atom is -0.493 e. The maximum atomic E-state index is 12.3. The fourth-order valence-electron chi connectivity index (χ4n) is 2.70. The molecule has 1 aliphatic rings. The number of hydrogen-bond acceptors (Lipinski definition) is 4. The van der Waals surface area contributed by atoms with Gasteiger partial charge >= 0.3 is 0 Å². The van der Waals surface area contributed by atoms with Crippen LogP contribution in [0, 0.1) is 0 Å². The molecule has 0 spiro atoms. The number of likely N-dealkylation sites (tertiary alicyclic amines) is 1. The molecular weight excluding hydrogens is 304 g/mol. The zero-order valence-corrected chi connectivity index (χ0v) is 13.8. The average molecular weight is 329 g/mol. The first-order chi connectivity index (χ1) is 10.2. The Morgan fingerprint density at radius 2 is 2.09 bits per heavy atom. The zero-order valence-electron chi connectivity index (χ0n) is 12.9. The van der Waals surface area contributed by atoms with Gasteiger partial charge in [-0.05, 0) is 25.0 Å². The number of ether oxygens (including phenoxy) is 2. The van der Waals surface area contributed by atoms with Gasteiger partial charge < -0.3 is 20.1 Å². The maximum absolute atomic E-state index is 12.3. The second-order valence-electron chi connectivity index (χ2n) is 5.27. The highest BCUT2D eigenvalue weighted by molar-refractivity contribution is 5.85. The maximum Gasteiger partial charge on any atom is 0.226 e. The van der Waals surface area contributed by atoms with Crippen LogP contribution in [0.5, 0.6) is 5.75 Å². The van der Waals surface area contributed by atoms with Gasteiger partial charge in [0.2, 0.25) is 5.91 Å². The first kappa shape index (κ1) is 18.7. The number of amides is 1. The van der Waals surface area contributed by atoms with Crippen molar-refractivity contribution in [3.8, 4) is 5.75 Å². The number of carbonyl (C=O) groups excluding carboxylic acids is 1. The highest BCUT2D eigenvalue weighted by Crippen LogP contribution is 2.20. The van der Waals surface area contributed by atoms with E-state index in [0.717, 1.165) is 18.6 Å². The molecule has 0 aromatic heterocycles. The van der Waals surface area contributed by atoms with Crippen molar-refractivity contribution in [1.82, 2.24) is 4.90 Å². The summed E-state index contributed by atoms with van der Waals surface area (Å²) in [6, 6.07) is 9.61. The van der Waals surface area contributed by atoms with Crippen molar-refractivity contribution >= 4 is 18.3 Å². The molecule has 0 aliphatic carbocycles. The van der Waals surface area contributed by atoms with Crippen LogP contribution in [0.4, 0.5) is 0 Å². The number of piperidine rings is 1. The minimum absolute atomic E-state index is 0. The summed E-state index contributed by atoms with van der Waals surface area (Å²) in [5.41, 5.74) is 5.79. The molecule has 1 amide bonds. The van der Waals surface area contributed by atoms with Crippen molar-refractivity contribution in [3.63, 3.8) is 0 Å². The third-order valence-corrected chi connectivity index (χ3v) is 3.92. The molecule has 0 radical (unpaired) electrons. The predicted molar refractivity (Wildman–Crippen MR) is 88.4 cm³/mol. The molecule has 1 saturated heterocycles. The first-order valence-electron chi connectivity index (χ1n) is 7.44. The number of benzene rings is 1. The second kappa shape index (κ2) is 9.66. The lowest BCUT2D eigenvalue weighted by Crippen LogP contribution is -2.51. The minimum atomic E-state index is 0. The van der Waals surface area contributed by atoms with Crippen LogP contribution in [0.25, 0.3) is 0 Å². The monoisotopic (exact) mass is 328 g/mol. The fourth-order valence-corrected chi connectivity index (χ4v) is 2.70. The highest BCUT2D eigenvalue weighted by Gasteiger charge is 2.30. The predicted octanol–water partition coefficient (Wildman–Crippen LogP) is 1.84. The molecule has 1 aromatic rings. The lowest BCUT2D eigenvalue weighted by atomic mass is 9.99. The van der Waals surface area contributed by atoms with Crippen molar-refractivity contribution in [2.75, 3.05) is 26.8 Å². The molecule has 1 aliphatic heterocycles. The van der Waals surface area contributed by atoms with Crippen LogP contribution in [0.2, 0.25) is 0 Å². The van der Waals surface area contributed by atoms with E-state index >= 15 is 0 Å². The van der Waals surface area contributed by atoms with E-state index in [1.165, 1.54) is 0 Å². The number of carbonyl (C=O) groups is 1. The van der Waals surface area contributed by atoms with E-state index in [2.05, 4.69) is 0 Å². The van der Waals surface area contributed by atoms with Crippen LogP contribution in [-0.2, 0) is 9.53 Å². The van der Waals surface area contributed by atoms with E-state index in [4.69, 9.17) is 15.2 Å². The fraction of sp³-hybridized carbons (Fsp3) is 0.562. The van der Waals surface area contributed by atoms with Crippen LogP contribution < -0.4 is 10.5 Å². The summed E-state index contributed by atoms with van der Waals surface area (Å²) in [5, 5.41) is 0. The van der Waals surface area contributed by atoms with E-state index in [0.29, 0.717) is 26.1 Å². The Balaban J connectivity index is 0.00000242. The van der Waals surface area contributed by atoms with E-state index in [-0.39, 0.29) is 30.5 Å². The van der Waals surface area contributed by atoms with E-state index in [1.54, 1.807) is 7.11 Å². The van der Waals surface area contributed by atoms with Crippen LogP contribution in [0.1, 0.15) is 19.3 Å². The molecule has 1 fully saturated rings. The molecule has 1 aromatic carbocycles. The summed E-state index contributed by atoms with van der Waals surface area (Å²) < 4.78 is 10.9. The largest absolute Gasteiger partial charge is 0.493 e. The van der Waals surface area contributed by atoms with Crippen molar-refractivity contribution < 1.29 is 14.3 Å². The molecule has 2 rings (SSSR count). The lowest BCUT2D eigenvalue weighted by molar-refractivity contribution is -0.137. The smallest absolute Gasteiger partial charge is 0.226 e. The molecule has 0 saturated carbocycles. The molecule has 2 unspecified atom stereocenters. The van der Waals surface area contributed by atoms with Crippen molar-refractivity contribution in [3.05, 3.63) is 30.3 Å². The summed E-state index contributed by atoms with van der Waals surface area (Å²) in [6.07, 6.45) is 2.28. The van der Waals surface area contributed by atoms with Crippen molar-refractivity contribution in [2.24, 2.45) is 5.73 Å². The molecule has 124 valence electrons. The van der Waals surface area contributed by atoms with Gasteiger partial charge in [-0.1, -0.05) is 18.2 Å². The summed E-state index contributed by atoms with van der Waals surface area (Å²) in [5.74, 6) is 0.898. The quantitative estimate of drug-likeness (QED) is 0.865. The Hall–Kier alpha value is -1.30. The summed E-state index contributed by atoms with van der Waals surface area (Å²) in [4.78, 5) is 14.2. The van der Waals surface area contributed by atoms with E-state index in [9.17, 15) is 4.79 Å². The molecule has 6 heteroatoms. The van der Waals surface area contributed by atoms with Gasteiger partial charge in [-0.2, -0.15) is 0 Å². The van der Waals surface area contributed by atoms with Crippen LogP contribution in [0.3, 0.4) is 0 Å². The summed E-state index contributed by atoms with van der Waals surface area (Å²) in [7, 11) is 1.71. The number of nitrogens with zero attached hydrogens (tertiary/aromatic N) is 1. The molecule has 22 heavy (non-hydrogen) atoms. The van der Waals surface area contributed by atoms with Crippen LogP contribution >= 0.6 is 12.4 Å². The molecule has 5 nitrogen and oxygen atoms in total. The zero-order chi connectivity index (χ0) is 15.1. The van der Waals surface area contributed by atoms with Gasteiger partial charge in [0.05, 0.1) is 19.1 Å². The molecule has 2 atom stereocenters. The molecular formula is C16H25ClN2O3. The third kappa shape index (κ3) is 5.16. The van der Waals surface area contributed by atoms with Gasteiger partial charge in [-0.25, -0.2) is 0 Å². The molecule has 1 heterocycles. The van der Waals surface area contributed by atoms with Gasteiger partial charge in [-0.3, -0.25) is 4.79 Å². The average Bonchev–Trinajstić information content (AvgIpc) is 2.55. The number of para-hydroxylation sites is 1. The van der Waals surface area contributed by atoms with E-state index < -0.39 is 0 Å². The van der Waals surface area contributed by atoms with Gasteiger partial charge in [-0.15, -0.1) is 12.4 Å². The topological polar surface area (TPSA) is 64.8 Å². The van der Waals surface area contributed by atoms with Gasteiger partial charge in [0.15, 0.2) is 0 Å². The Kier molecular flexibility index (Phi) is 8.24. The Morgan fingerprint density at radius 1 is 1.36 bits per heavy atom. The Morgan fingerprint density at radius 3 is 2.73 bits per heavy atom. The van der Waals surface area contributed by atoms with Crippen molar-refractivity contribution in [2.45, 2.75) is 31.4 Å². The van der Waals surface area contributed by atoms with Crippen molar-refractivity contribution in [1.29, 1.82) is 0 Å². The van der Waals surface area contributed by atoms with Crippen LogP contribution in [0.15, 0.2) is 30.3 Å². The Labute approximate surface area is 138 Å². The SMILES string of the molecule is COC1CCN(C(=O)CCOc2ccccc2)C(CN)C1.Cl. The summed E-state index contributed by atoms with van der Waals surface area (Å²) >= 11 is 0. The number of halogens is 1. The second-order valence-corrected chi connectivity index (χ2v) is 5.27. The number of methoxy groups -OCH3 is 1. The van der Waals surface area contributed by atoms with E-state index in [1.807, 2.05) is 35.2 Å². The summed E-state index contributed by atoms with van der Waals surface area (Å²) in [6.45, 7) is 1.58. The Bertz CT molecular complexity index is 444. The highest BCUT2D eigenvalue weighted by atomic mass is 35.5. The van der Waals surface area contributed by atoms with Gasteiger partial charge in [0.1, 0.15) is 5.75 Å². The first-order valence-corrected chi connectivity index (χ1v) is 7.44. The van der Waals surface area contributed by atoms with Crippen LogP contribution in [-0.4, -0.2) is 49.8 Å². The standard InChI is InChI=1S/C16H24N2O3.ClH/c1-20-15-7-9-18(13(11-15)12-17)16(19)8-10-21-14-5-3-2-4-6-14;/h2-6,13,15H,7-12,17H2,1H3;1H. The third-order valence-electron chi connectivity index (χ3n) is 3.92. The molecule has 2 N–H and O–H groups in total. The lowest BCUT2D eigenvalue weighted by Gasteiger charge is -2.38. The number of rotatable bonds is 6. The van der Waals surface area contributed by atoms with Gasteiger partial charge in [0.25, 0.3) is 0 Å². The normalized spacial score (nSPS) is 21.1. The number of nitrogens with two attached hydrogens (primary N) is 1.